The Morgan fingerprint density at radius 2 is 0.778 bits per heavy atom. The minimum Gasteiger partial charge on any atom is -0.462 e. The third-order valence-corrected chi connectivity index (χ3v) is 13.3. The van der Waals surface area contributed by atoms with Crippen LogP contribution < -0.4 is 5.32 Å². The van der Waals surface area contributed by atoms with Crippen molar-refractivity contribution in [1.29, 1.82) is 0 Å². The maximum atomic E-state index is 13.2. The lowest BCUT2D eigenvalue weighted by atomic mass is 10.0. The van der Waals surface area contributed by atoms with Crippen molar-refractivity contribution in [3.8, 4) is 0 Å². The number of aliphatic hydroxyl groups is 2. The lowest BCUT2D eigenvalue weighted by Crippen LogP contribution is -2.46. The van der Waals surface area contributed by atoms with E-state index in [0.29, 0.717) is 19.3 Å². The summed E-state index contributed by atoms with van der Waals surface area (Å²) >= 11 is 0. The van der Waals surface area contributed by atoms with E-state index in [2.05, 4.69) is 38.2 Å². The number of allylic oxidation sites excluding steroid dienone is 2. The van der Waals surface area contributed by atoms with Gasteiger partial charge in [0.1, 0.15) is 6.10 Å². The molecule has 0 fully saturated rings. The number of carbonyl (C=O) groups excluding carboxylic acids is 2. The monoisotopic (exact) mass is 890 g/mol. The third kappa shape index (κ3) is 46.9. The van der Waals surface area contributed by atoms with E-state index in [1.54, 1.807) is 0 Å². The van der Waals surface area contributed by atoms with E-state index in [0.717, 1.165) is 51.4 Å². The predicted molar refractivity (Wildman–Crippen MR) is 273 cm³/mol. The molecule has 1 amide bonds. The molecule has 0 aliphatic heterocycles. The molecule has 0 saturated heterocycles. The molecule has 0 radical (unpaired) electrons. The summed E-state index contributed by atoms with van der Waals surface area (Å²) < 4.78 is 5.94. The molecule has 6 nitrogen and oxygen atoms in total. The Bertz CT molecular complexity index is 955. The van der Waals surface area contributed by atoms with Crippen molar-refractivity contribution < 1.29 is 24.5 Å². The van der Waals surface area contributed by atoms with Crippen molar-refractivity contribution in [3.05, 3.63) is 12.2 Å². The number of amides is 1. The summed E-state index contributed by atoms with van der Waals surface area (Å²) in [6.07, 6.45) is 58.5. The van der Waals surface area contributed by atoms with Gasteiger partial charge in [-0.05, 0) is 44.9 Å². The van der Waals surface area contributed by atoms with E-state index in [-0.39, 0.29) is 24.9 Å². The SMILES string of the molecule is CCCCCCCCC/C=C\CCCC(CC(=O)NC(CO)C(O)CCCCCCCCCCCCCCCCCC)OC(=O)CCCCCCCCCCCCCCCCCC. The molecule has 3 N–H and O–H groups in total. The lowest BCUT2D eigenvalue weighted by Gasteiger charge is -2.24. The number of esters is 1. The van der Waals surface area contributed by atoms with Crippen molar-refractivity contribution in [1.82, 2.24) is 5.32 Å². The molecule has 63 heavy (non-hydrogen) atoms. The summed E-state index contributed by atoms with van der Waals surface area (Å²) in [5.74, 6) is -0.482. The van der Waals surface area contributed by atoms with Crippen LogP contribution in [0.2, 0.25) is 0 Å². The summed E-state index contributed by atoms with van der Waals surface area (Å²) in [5.41, 5.74) is 0. The van der Waals surface area contributed by atoms with Gasteiger partial charge in [0.25, 0.3) is 0 Å². The zero-order valence-corrected chi connectivity index (χ0v) is 42.7. The standard InChI is InChI=1S/C57H111NO5/c1-4-7-10-13-16-19-22-25-27-29-31-34-37-40-43-46-49-55(60)54(52-59)58-56(61)51-53(48-45-42-39-36-33-24-21-18-15-12-9-6-3)63-57(62)50-47-44-41-38-35-32-30-28-26-23-20-17-14-11-8-5-2/h36,39,53-55,59-60H,4-35,37-38,40-52H2,1-3H3,(H,58,61)/b39-36-. The number of rotatable bonds is 52. The quantitative estimate of drug-likeness (QED) is 0.0321. The number of unbranched alkanes of at least 4 members (excludes halogenated alkanes) is 38. The minimum atomic E-state index is -0.789. The van der Waals surface area contributed by atoms with Crippen LogP contribution in [-0.2, 0) is 14.3 Å². The number of hydrogen-bond acceptors (Lipinski definition) is 5. The van der Waals surface area contributed by atoms with E-state index in [9.17, 15) is 19.8 Å². The number of aliphatic hydroxyl groups excluding tert-OH is 2. The Morgan fingerprint density at radius 3 is 1.16 bits per heavy atom. The fraction of sp³-hybridized carbons (Fsp3) is 0.930. The van der Waals surface area contributed by atoms with Gasteiger partial charge >= 0.3 is 5.97 Å². The summed E-state index contributed by atoms with van der Waals surface area (Å²) in [5, 5.41) is 23.8. The fourth-order valence-electron chi connectivity index (χ4n) is 9.02. The largest absolute Gasteiger partial charge is 0.462 e. The Kier molecular flexibility index (Phi) is 50.4. The maximum absolute atomic E-state index is 13.2. The second-order valence-corrected chi connectivity index (χ2v) is 19.7. The van der Waals surface area contributed by atoms with Gasteiger partial charge in [-0.15, -0.1) is 0 Å². The highest BCUT2D eigenvalue weighted by Crippen LogP contribution is 2.18. The molecule has 3 atom stereocenters. The van der Waals surface area contributed by atoms with Crippen LogP contribution in [0.25, 0.3) is 0 Å². The molecule has 0 aromatic carbocycles. The van der Waals surface area contributed by atoms with E-state index < -0.39 is 18.2 Å². The molecule has 6 heteroatoms. The molecule has 0 spiro atoms. The first-order valence-corrected chi connectivity index (χ1v) is 28.4. The zero-order chi connectivity index (χ0) is 45.9. The average Bonchev–Trinajstić information content (AvgIpc) is 3.28. The average molecular weight is 891 g/mol. The highest BCUT2D eigenvalue weighted by molar-refractivity contribution is 5.77. The second kappa shape index (κ2) is 51.6. The second-order valence-electron chi connectivity index (χ2n) is 19.7. The molecule has 0 aromatic heterocycles. The van der Waals surface area contributed by atoms with Gasteiger partial charge in [0.2, 0.25) is 5.91 Å². The van der Waals surface area contributed by atoms with E-state index in [1.807, 2.05) is 0 Å². The van der Waals surface area contributed by atoms with Crippen molar-refractivity contribution in [3.63, 3.8) is 0 Å². The lowest BCUT2D eigenvalue weighted by molar-refractivity contribution is -0.151. The Hall–Kier alpha value is -1.40. The minimum absolute atomic E-state index is 0.0642. The fourth-order valence-corrected chi connectivity index (χ4v) is 9.02. The highest BCUT2D eigenvalue weighted by atomic mass is 16.5. The molecule has 0 bridgehead atoms. The summed E-state index contributed by atoms with van der Waals surface area (Å²) in [6, 6.07) is -0.704. The van der Waals surface area contributed by atoms with E-state index in [4.69, 9.17) is 4.74 Å². The van der Waals surface area contributed by atoms with Gasteiger partial charge in [0.15, 0.2) is 0 Å². The Balaban J connectivity index is 4.47. The van der Waals surface area contributed by atoms with Crippen LogP contribution in [0.4, 0.5) is 0 Å². The summed E-state index contributed by atoms with van der Waals surface area (Å²) in [4.78, 5) is 26.2. The van der Waals surface area contributed by atoms with Crippen molar-refractivity contribution >= 4 is 11.9 Å². The first kappa shape index (κ1) is 61.6. The van der Waals surface area contributed by atoms with Crippen molar-refractivity contribution in [2.75, 3.05) is 6.61 Å². The van der Waals surface area contributed by atoms with Crippen molar-refractivity contribution in [2.45, 2.75) is 334 Å². The molecular formula is C57H111NO5. The first-order chi connectivity index (χ1) is 31.0. The van der Waals surface area contributed by atoms with Gasteiger partial charge in [0.05, 0.1) is 25.2 Å². The van der Waals surface area contributed by atoms with Crippen molar-refractivity contribution in [2.24, 2.45) is 0 Å². The molecule has 0 aliphatic carbocycles. The van der Waals surface area contributed by atoms with Gasteiger partial charge in [-0.3, -0.25) is 9.59 Å². The smallest absolute Gasteiger partial charge is 0.306 e. The van der Waals surface area contributed by atoms with Gasteiger partial charge in [-0.1, -0.05) is 270 Å². The van der Waals surface area contributed by atoms with Gasteiger partial charge < -0.3 is 20.3 Å². The summed E-state index contributed by atoms with van der Waals surface area (Å²) in [6.45, 7) is 6.51. The number of hydrogen-bond donors (Lipinski definition) is 3. The summed E-state index contributed by atoms with van der Waals surface area (Å²) in [7, 11) is 0. The molecular weight excluding hydrogens is 779 g/mol. The van der Waals surface area contributed by atoms with Gasteiger partial charge in [0, 0.05) is 6.42 Å². The van der Waals surface area contributed by atoms with Gasteiger partial charge in [-0.2, -0.15) is 0 Å². The molecule has 0 aromatic rings. The molecule has 0 rings (SSSR count). The third-order valence-electron chi connectivity index (χ3n) is 13.3. The zero-order valence-electron chi connectivity index (χ0n) is 42.7. The van der Waals surface area contributed by atoms with Gasteiger partial charge in [-0.25, -0.2) is 0 Å². The molecule has 0 aliphatic rings. The number of carbonyl (C=O) groups is 2. The molecule has 0 saturated carbocycles. The topological polar surface area (TPSA) is 95.9 Å². The molecule has 0 heterocycles. The Morgan fingerprint density at radius 1 is 0.444 bits per heavy atom. The number of nitrogens with one attached hydrogen (secondary N) is 1. The van der Waals surface area contributed by atoms with Crippen LogP contribution in [0.15, 0.2) is 12.2 Å². The van der Waals surface area contributed by atoms with E-state index >= 15 is 0 Å². The first-order valence-electron chi connectivity index (χ1n) is 28.4. The molecule has 3 unspecified atom stereocenters. The van der Waals surface area contributed by atoms with Crippen LogP contribution in [0.5, 0.6) is 0 Å². The normalized spacial score (nSPS) is 13.2. The van der Waals surface area contributed by atoms with E-state index in [1.165, 1.54) is 218 Å². The van der Waals surface area contributed by atoms with Crippen LogP contribution in [0.1, 0.15) is 316 Å². The van der Waals surface area contributed by atoms with Crippen LogP contribution in [0, 0.1) is 0 Å². The highest BCUT2D eigenvalue weighted by Gasteiger charge is 2.24. The predicted octanol–water partition coefficient (Wildman–Crippen LogP) is 17.3. The Labute approximate surface area is 393 Å². The van der Waals surface area contributed by atoms with Crippen LogP contribution >= 0.6 is 0 Å². The molecule has 374 valence electrons. The number of ether oxygens (including phenoxy) is 1. The van der Waals surface area contributed by atoms with Crippen LogP contribution in [0.3, 0.4) is 0 Å². The van der Waals surface area contributed by atoms with Crippen LogP contribution in [-0.4, -0.2) is 46.9 Å². The maximum Gasteiger partial charge on any atom is 0.306 e.